The second-order valence-electron chi connectivity index (χ2n) is 10.3. The number of aliphatic imine (C=N–C) groups is 2. The van der Waals surface area contributed by atoms with Crippen molar-refractivity contribution in [2.24, 2.45) is 21.6 Å². The molecule has 1 aliphatic carbocycles. The number of aliphatic hydroxyl groups is 2. The van der Waals surface area contributed by atoms with Crippen LogP contribution in [0, 0.1) is 11.7 Å². The number of amidine groups is 1. The molecule has 2 aliphatic rings. The Bertz CT molecular complexity index is 1290. The van der Waals surface area contributed by atoms with Crippen molar-refractivity contribution >= 4 is 35.0 Å². The number of aliphatic hydroxyl groups excluding tert-OH is 2. The van der Waals surface area contributed by atoms with Crippen LogP contribution in [0.2, 0.25) is 5.02 Å². The lowest BCUT2D eigenvalue weighted by molar-refractivity contribution is -0.124. The highest BCUT2D eigenvalue weighted by Gasteiger charge is 2.39. The van der Waals surface area contributed by atoms with Gasteiger partial charge in [0.1, 0.15) is 24.0 Å². The van der Waals surface area contributed by atoms with E-state index in [0.29, 0.717) is 28.4 Å². The molecular weight excluding hydrogens is 525 g/mol. The zero-order valence-electron chi connectivity index (χ0n) is 21.7. The van der Waals surface area contributed by atoms with Gasteiger partial charge in [-0.15, -0.1) is 0 Å². The number of nitrogens with two attached hydrogens (primary N) is 1. The molecule has 0 bridgehead atoms. The molecule has 2 aromatic rings. The summed E-state index contributed by atoms with van der Waals surface area (Å²) in [4.78, 5) is 33.8. The Morgan fingerprint density at radius 2 is 1.92 bits per heavy atom. The Morgan fingerprint density at radius 3 is 2.56 bits per heavy atom. The summed E-state index contributed by atoms with van der Waals surface area (Å²) in [5.74, 6) is -1.43. The fraction of sp³-hybridized carbons (Fsp3) is 0.429. The van der Waals surface area contributed by atoms with Crippen LogP contribution in [0.3, 0.4) is 0 Å². The Morgan fingerprint density at radius 1 is 1.18 bits per heavy atom. The summed E-state index contributed by atoms with van der Waals surface area (Å²) in [5, 5.41) is 24.7. The summed E-state index contributed by atoms with van der Waals surface area (Å²) < 4.78 is 15.2. The Kier molecular flexibility index (Phi) is 8.99. The maximum atomic E-state index is 15.2. The van der Waals surface area contributed by atoms with Gasteiger partial charge >= 0.3 is 0 Å². The minimum absolute atomic E-state index is 0.0159. The average Bonchev–Trinajstić information content (AvgIpc) is 2.93. The van der Waals surface area contributed by atoms with Crippen LogP contribution in [0.15, 0.2) is 52.4 Å². The third kappa shape index (κ3) is 6.63. The first-order valence-electron chi connectivity index (χ1n) is 12.9. The van der Waals surface area contributed by atoms with Crippen molar-refractivity contribution < 1.29 is 24.2 Å². The minimum Gasteiger partial charge on any atom is -0.394 e. The topological polar surface area (TPSA) is 149 Å². The van der Waals surface area contributed by atoms with Crippen LogP contribution in [0.5, 0.6) is 0 Å². The zero-order valence-corrected chi connectivity index (χ0v) is 22.4. The first-order valence-corrected chi connectivity index (χ1v) is 13.3. The number of nitrogens with zero attached hydrogens (tertiary/aromatic N) is 2. The Balaban J connectivity index is 1.49. The molecule has 39 heavy (non-hydrogen) atoms. The quantitative estimate of drug-likeness (QED) is 0.338. The number of nitrogens with one attached hydrogen (secondary N) is 2. The Labute approximate surface area is 231 Å². The number of halogens is 2. The smallest absolute Gasteiger partial charge is 0.254 e. The van der Waals surface area contributed by atoms with Gasteiger partial charge in [-0.1, -0.05) is 29.8 Å². The van der Waals surface area contributed by atoms with E-state index in [-0.39, 0.29) is 35.9 Å². The first kappa shape index (κ1) is 28.7. The number of hydrogen-bond acceptors (Lipinski definition) is 7. The summed E-state index contributed by atoms with van der Waals surface area (Å²) >= 11 is 6.02. The number of hydrogen-bond donors (Lipinski definition) is 5. The fourth-order valence-electron chi connectivity index (χ4n) is 5.27. The minimum atomic E-state index is -0.756. The predicted molar refractivity (Wildman–Crippen MR) is 148 cm³/mol. The average molecular weight is 558 g/mol. The van der Waals surface area contributed by atoms with Gasteiger partial charge in [0.15, 0.2) is 0 Å². The van der Waals surface area contributed by atoms with Crippen molar-refractivity contribution in [1.29, 1.82) is 0 Å². The highest BCUT2D eigenvalue weighted by atomic mass is 35.5. The van der Waals surface area contributed by atoms with E-state index in [1.54, 1.807) is 30.3 Å². The van der Waals surface area contributed by atoms with E-state index < -0.39 is 29.9 Å². The molecule has 0 aromatic heterocycles. The molecule has 208 valence electrons. The molecule has 4 rings (SSSR count). The lowest BCUT2D eigenvalue weighted by atomic mass is 9.74. The zero-order chi connectivity index (χ0) is 28.2. The monoisotopic (exact) mass is 557 g/mol. The molecule has 9 nitrogen and oxygen atoms in total. The van der Waals surface area contributed by atoms with Crippen LogP contribution in [-0.4, -0.2) is 64.9 Å². The molecule has 2 aromatic carbocycles. The van der Waals surface area contributed by atoms with Crippen molar-refractivity contribution in [2.75, 3.05) is 19.8 Å². The van der Waals surface area contributed by atoms with E-state index >= 15 is 4.39 Å². The first-order chi connectivity index (χ1) is 18.6. The molecule has 1 aliphatic heterocycles. The molecule has 2 amide bonds. The van der Waals surface area contributed by atoms with Gasteiger partial charge in [-0.2, -0.15) is 0 Å². The molecule has 2 atom stereocenters. The molecule has 11 heteroatoms. The van der Waals surface area contributed by atoms with Crippen LogP contribution in [0.4, 0.5) is 4.39 Å². The van der Waals surface area contributed by atoms with Crippen LogP contribution in [0.25, 0.3) is 0 Å². The number of benzene rings is 2. The van der Waals surface area contributed by atoms with E-state index in [1.165, 1.54) is 12.1 Å². The van der Waals surface area contributed by atoms with Gasteiger partial charge in [0.25, 0.3) is 5.91 Å². The molecule has 0 radical (unpaired) electrons. The molecule has 1 fully saturated rings. The highest BCUT2D eigenvalue weighted by Crippen LogP contribution is 2.37. The third-order valence-electron chi connectivity index (χ3n) is 7.52. The number of rotatable bonds is 8. The van der Waals surface area contributed by atoms with Gasteiger partial charge in [0.05, 0.1) is 30.3 Å². The molecule has 1 saturated carbocycles. The molecular formula is C28H33ClFN5O4. The maximum Gasteiger partial charge on any atom is 0.254 e. The van der Waals surface area contributed by atoms with Gasteiger partial charge in [0, 0.05) is 16.6 Å². The van der Waals surface area contributed by atoms with Gasteiger partial charge < -0.3 is 26.6 Å². The number of carbonyl (C=O) groups is 2. The highest BCUT2D eigenvalue weighted by molar-refractivity contribution is 6.47. The van der Waals surface area contributed by atoms with E-state index in [0.717, 1.165) is 25.7 Å². The second kappa shape index (κ2) is 12.2. The molecule has 0 spiro atoms. The number of carbonyl (C=O) groups excluding carboxylic acids is 2. The lowest BCUT2D eigenvalue weighted by Crippen LogP contribution is -2.47. The van der Waals surface area contributed by atoms with Crippen molar-refractivity contribution in [3.63, 3.8) is 0 Å². The van der Waals surface area contributed by atoms with Gasteiger partial charge in [-0.25, -0.2) is 4.39 Å². The van der Waals surface area contributed by atoms with Crippen molar-refractivity contribution in [3.05, 3.63) is 70.0 Å². The van der Waals surface area contributed by atoms with Crippen LogP contribution >= 0.6 is 11.6 Å². The van der Waals surface area contributed by atoms with Gasteiger partial charge in [-0.05, 0) is 68.4 Å². The van der Waals surface area contributed by atoms with Crippen LogP contribution < -0.4 is 16.4 Å². The normalized spacial score (nSPS) is 23.8. The van der Waals surface area contributed by atoms with E-state index in [2.05, 4.69) is 15.6 Å². The Hall–Kier alpha value is -3.34. The largest absolute Gasteiger partial charge is 0.394 e. The third-order valence-corrected chi connectivity index (χ3v) is 7.76. The van der Waals surface area contributed by atoms with Crippen LogP contribution in [0.1, 0.15) is 60.1 Å². The fourth-order valence-corrected chi connectivity index (χ4v) is 5.47. The summed E-state index contributed by atoms with van der Waals surface area (Å²) in [6.07, 6.45) is 3.15. The van der Waals surface area contributed by atoms with Crippen LogP contribution in [-0.2, 0) is 4.79 Å². The molecule has 6 N–H and O–H groups in total. The predicted octanol–water partition coefficient (Wildman–Crippen LogP) is 2.53. The van der Waals surface area contributed by atoms with Crippen molar-refractivity contribution in [1.82, 2.24) is 10.6 Å². The molecule has 0 saturated heterocycles. The van der Waals surface area contributed by atoms with E-state index in [9.17, 15) is 14.7 Å². The maximum absolute atomic E-state index is 15.2. The van der Waals surface area contributed by atoms with Crippen molar-refractivity contribution in [3.8, 4) is 0 Å². The SMILES string of the molecule is CC1(C2CCC(NC(=O)CO)CC2)CN=C(N)C(c2ccc(C(=O)N[C@H](CO)c3cccc(Cl)c3)c(F)c2)=N1. The van der Waals surface area contributed by atoms with Crippen molar-refractivity contribution in [2.45, 2.75) is 50.2 Å². The molecule has 1 heterocycles. The second-order valence-corrected chi connectivity index (χ2v) is 10.7. The van der Waals surface area contributed by atoms with E-state index in [1.807, 2.05) is 6.92 Å². The summed E-state index contributed by atoms with van der Waals surface area (Å²) in [5.41, 5.74) is 6.81. The summed E-state index contributed by atoms with van der Waals surface area (Å²) in [7, 11) is 0. The lowest BCUT2D eigenvalue weighted by Gasteiger charge is -2.40. The van der Waals surface area contributed by atoms with Gasteiger partial charge in [0.2, 0.25) is 5.91 Å². The number of amides is 2. The summed E-state index contributed by atoms with van der Waals surface area (Å²) in [6.45, 7) is 1.49. The molecule has 1 unspecified atom stereocenters. The van der Waals surface area contributed by atoms with E-state index in [4.69, 9.17) is 27.4 Å². The van der Waals surface area contributed by atoms with Gasteiger partial charge in [-0.3, -0.25) is 19.6 Å². The summed E-state index contributed by atoms with van der Waals surface area (Å²) in [6, 6.07) is 10.1. The standard InChI is InChI=1S/C28H33ClFN5O4/c1-28(18-6-8-20(9-7-18)33-24(38)14-37)15-32-26(31)25(35-28)17-5-10-21(22(30)12-17)27(39)34-23(13-36)16-3-2-4-19(29)11-16/h2-5,10-12,18,20,23,36-37H,6-9,13-15H2,1H3,(H2,31,32)(H,33,38)(H,34,39)/t18?,20?,23-,28?/m1/s1.